The van der Waals surface area contributed by atoms with Crippen LogP contribution in [0, 0.1) is 6.92 Å². The van der Waals surface area contributed by atoms with Crippen molar-refractivity contribution in [1.29, 1.82) is 0 Å². The van der Waals surface area contributed by atoms with E-state index in [1.54, 1.807) is 20.8 Å². The zero-order valence-electron chi connectivity index (χ0n) is 18.6. The first-order chi connectivity index (χ1) is 13.3. The van der Waals surface area contributed by atoms with Gasteiger partial charge >= 0.3 is 12.1 Å². The van der Waals surface area contributed by atoms with Crippen LogP contribution < -0.4 is 10.6 Å². The van der Waals surface area contributed by atoms with Crippen LogP contribution in [0.5, 0.6) is 0 Å². The fraction of sp³-hybridized carbons (Fsp3) is 0.636. The number of amides is 1. The molecule has 2 N–H and O–H groups in total. The van der Waals surface area contributed by atoms with Crippen LogP contribution in [0.15, 0.2) is 18.2 Å². The Morgan fingerprint density at radius 1 is 1.07 bits per heavy atom. The Morgan fingerprint density at radius 2 is 1.69 bits per heavy atom. The Morgan fingerprint density at radius 3 is 2.24 bits per heavy atom. The van der Waals surface area contributed by atoms with Crippen molar-refractivity contribution in [3.63, 3.8) is 0 Å². The lowest BCUT2D eigenvalue weighted by Gasteiger charge is -2.25. The molecule has 6 nitrogen and oxygen atoms in total. The summed E-state index contributed by atoms with van der Waals surface area (Å²) in [7, 11) is 0. The van der Waals surface area contributed by atoms with Crippen molar-refractivity contribution in [3.8, 4) is 0 Å². The highest BCUT2D eigenvalue weighted by Gasteiger charge is 2.25. The Labute approximate surface area is 179 Å². The molecule has 29 heavy (non-hydrogen) atoms. The molecule has 1 atom stereocenters. The molecule has 1 aromatic carbocycles. The maximum atomic E-state index is 12.4. The van der Waals surface area contributed by atoms with Crippen molar-refractivity contribution in [2.45, 2.75) is 78.6 Å². The maximum absolute atomic E-state index is 12.4. The van der Waals surface area contributed by atoms with Gasteiger partial charge in [0.1, 0.15) is 11.2 Å². The Hall–Kier alpha value is -1.95. The van der Waals surface area contributed by atoms with Crippen LogP contribution in [-0.4, -0.2) is 41.7 Å². The summed E-state index contributed by atoms with van der Waals surface area (Å²) < 4.78 is 10.8. The lowest BCUT2D eigenvalue weighted by Crippen LogP contribution is -2.42. The number of carbonyl (C=O) groups excluding carboxylic acids is 2. The molecule has 1 rings (SSSR count). The summed E-state index contributed by atoms with van der Waals surface area (Å²) in [4.78, 5) is 24.7. The van der Waals surface area contributed by atoms with E-state index in [2.05, 4.69) is 10.6 Å². The number of ether oxygens (including phenoxy) is 2. The highest BCUT2D eigenvalue weighted by Crippen LogP contribution is 2.19. The van der Waals surface area contributed by atoms with Crippen LogP contribution in [0.4, 0.5) is 10.5 Å². The number of hydrogen-bond acceptors (Lipinski definition) is 5. The highest BCUT2D eigenvalue weighted by atomic mass is 35.5. The van der Waals surface area contributed by atoms with E-state index in [4.69, 9.17) is 21.1 Å². The van der Waals surface area contributed by atoms with E-state index in [-0.39, 0.29) is 12.4 Å². The van der Waals surface area contributed by atoms with Crippen LogP contribution in [-0.2, 0) is 20.7 Å². The number of benzene rings is 1. The first kappa shape index (κ1) is 25.1. The summed E-state index contributed by atoms with van der Waals surface area (Å²) in [5, 5.41) is 6.07. The first-order valence-corrected chi connectivity index (χ1v) is 10.4. The zero-order valence-corrected chi connectivity index (χ0v) is 19.4. The average Bonchev–Trinajstić information content (AvgIpc) is 2.51. The highest BCUT2D eigenvalue weighted by molar-refractivity contribution is 6.18. The van der Waals surface area contributed by atoms with Gasteiger partial charge in [-0.1, -0.05) is 6.07 Å². The number of anilines is 1. The minimum Gasteiger partial charge on any atom is -0.460 e. The van der Waals surface area contributed by atoms with Crippen LogP contribution >= 0.6 is 11.6 Å². The minimum atomic E-state index is -0.623. The fourth-order valence-electron chi connectivity index (χ4n) is 2.69. The molecule has 0 aliphatic rings. The Kier molecular flexibility index (Phi) is 9.27. The molecule has 1 amide bonds. The first-order valence-electron chi connectivity index (χ1n) is 9.90. The third-order valence-corrected chi connectivity index (χ3v) is 3.98. The van der Waals surface area contributed by atoms with Gasteiger partial charge in [-0.15, -0.1) is 11.6 Å². The lowest BCUT2D eigenvalue weighted by atomic mass is 9.98. The second-order valence-corrected chi connectivity index (χ2v) is 9.47. The number of aryl methyl sites for hydroxylation is 1. The van der Waals surface area contributed by atoms with Gasteiger partial charge in [0, 0.05) is 24.2 Å². The molecule has 0 aliphatic heterocycles. The van der Waals surface area contributed by atoms with Crippen LogP contribution in [0.3, 0.4) is 0 Å². The smallest absolute Gasteiger partial charge is 0.407 e. The minimum absolute atomic E-state index is 0.0509. The second-order valence-electron chi connectivity index (χ2n) is 9.09. The van der Waals surface area contributed by atoms with Crippen molar-refractivity contribution < 1.29 is 19.1 Å². The molecule has 0 fully saturated rings. The van der Waals surface area contributed by atoms with E-state index in [0.29, 0.717) is 18.8 Å². The number of halogens is 1. The lowest BCUT2D eigenvalue weighted by molar-refractivity contribution is -0.155. The summed E-state index contributed by atoms with van der Waals surface area (Å²) in [5.74, 6) is 0.137. The van der Waals surface area contributed by atoms with Gasteiger partial charge in [0.2, 0.25) is 0 Å². The van der Waals surface area contributed by atoms with Crippen molar-refractivity contribution in [2.24, 2.45) is 0 Å². The van der Waals surface area contributed by atoms with Gasteiger partial charge in [0.15, 0.2) is 0 Å². The molecule has 0 unspecified atom stereocenters. The van der Waals surface area contributed by atoms with Gasteiger partial charge < -0.3 is 20.1 Å². The number of nitrogens with one attached hydrogen (secondary N) is 2. The summed E-state index contributed by atoms with van der Waals surface area (Å²) in [6.07, 6.45) is -0.0316. The van der Waals surface area contributed by atoms with Crippen molar-refractivity contribution in [3.05, 3.63) is 29.3 Å². The third-order valence-electron chi connectivity index (χ3n) is 3.79. The third kappa shape index (κ3) is 11.0. The molecular formula is C22H35ClN2O4. The molecule has 0 saturated carbocycles. The topological polar surface area (TPSA) is 76.7 Å². The molecular weight excluding hydrogens is 392 g/mol. The number of rotatable bonds is 8. The summed E-state index contributed by atoms with van der Waals surface area (Å²) in [6, 6.07) is 5.54. The van der Waals surface area contributed by atoms with Crippen LogP contribution in [0.2, 0.25) is 0 Å². The predicted octanol–water partition coefficient (Wildman–Crippen LogP) is 4.81. The molecule has 0 aliphatic carbocycles. The predicted molar refractivity (Wildman–Crippen MR) is 118 cm³/mol. The monoisotopic (exact) mass is 426 g/mol. The standard InChI is InChI=1S/C22H35ClN2O4/c1-15-8-9-17(24-11-10-23)12-16(15)13-18(14-19(26)28-21(2,3)4)25-20(27)29-22(5,6)7/h8-9,12,18,24H,10-11,13-14H2,1-7H3,(H,25,27)/t18-/m0/s1. The summed E-state index contributed by atoms with van der Waals surface area (Å²) in [6.45, 7) is 13.5. The number of alkyl carbamates (subject to hydrolysis) is 1. The molecule has 0 saturated heterocycles. The fourth-order valence-corrected chi connectivity index (χ4v) is 2.79. The van der Waals surface area contributed by atoms with Gasteiger partial charge in [0.25, 0.3) is 0 Å². The van der Waals surface area contributed by atoms with E-state index < -0.39 is 23.3 Å². The Balaban J connectivity index is 2.98. The van der Waals surface area contributed by atoms with Crippen molar-refractivity contribution >= 4 is 29.4 Å². The molecule has 0 radical (unpaired) electrons. The van der Waals surface area contributed by atoms with E-state index >= 15 is 0 Å². The van der Waals surface area contributed by atoms with Gasteiger partial charge in [-0.3, -0.25) is 4.79 Å². The molecule has 164 valence electrons. The summed E-state index contributed by atoms with van der Waals surface area (Å²) >= 11 is 5.75. The van der Waals surface area contributed by atoms with E-state index in [0.717, 1.165) is 16.8 Å². The maximum Gasteiger partial charge on any atom is 0.407 e. The quantitative estimate of drug-likeness (QED) is 0.460. The normalized spacial score (nSPS) is 12.8. The number of alkyl halides is 1. The van der Waals surface area contributed by atoms with E-state index in [9.17, 15) is 9.59 Å². The number of esters is 1. The molecule has 0 spiro atoms. The molecule has 0 bridgehead atoms. The van der Waals surface area contributed by atoms with Crippen molar-refractivity contribution in [1.82, 2.24) is 5.32 Å². The molecule has 7 heteroatoms. The van der Waals surface area contributed by atoms with Gasteiger partial charge in [-0.25, -0.2) is 4.79 Å². The molecule has 0 heterocycles. The van der Waals surface area contributed by atoms with E-state index in [1.165, 1.54) is 0 Å². The largest absolute Gasteiger partial charge is 0.460 e. The Bertz CT molecular complexity index is 663. The van der Waals surface area contributed by atoms with E-state index in [1.807, 2.05) is 45.9 Å². The number of hydrogen-bond donors (Lipinski definition) is 2. The number of carbonyl (C=O) groups is 2. The SMILES string of the molecule is Cc1ccc(NCCCl)cc1C[C@@H](CC(=O)OC(C)(C)C)NC(=O)OC(C)(C)C. The van der Waals surface area contributed by atoms with Gasteiger partial charge in [-0.05, 0) is 78.1 Å². The van der Waals surface area contributed by atoms with Gasteiger partial charge in [0.05, 0.1) is 6.42 Å². The summed E-state index contributed by atoms with van der Waals surface area (Å²) in [5.41, 5.74) is 1.83. The van der Waals surface area contributed by atoms with Crippen molar-refractivity contribution in [2.75, 3.05) is 17.7 Å². The van der Waals surface area contributed by atoms with Crippen LogP contribution in [0.25, 0.3) is 0 Å². The van der Waals surface area contributed by atoms with Gasteiger partial charge in [-0.2, -0.15) is 0 Å². The second kappa shape index (κ2) is 10.7. The molecule has 1 aromatic rings. The average molecular weight is 427 g/mol. The molecule has 0 aromatic heterocycles. The zero-order chi connectivity index (χ0) is 22.2. The van der Waals surface area contributed by atoms with Crippen LogP contribution in [0.1, 0.15) is 59.1 Å².